The van der Waals surface area contributed by atoms with Gasteiger partial charge in [0.2, 0.25) is 0 Å². The number of halogens is 1. The molecule has 1 aliphatic heterocycles. The van der Waals surface area contributed by atoms with E-state index in [9.17, 15) is 18.9 Å². The van der Waals surface area contributed by atoms with Crippen LogP contribution in [0.1, 0.15) is 34.5 Å². The average Bonchev–Trinajstić information content (AvgIpc) is 2.81. The molecule has 31 heavy (non-hydrogen) atoms. The van der Waals surface area contributed by atoms with Crippen LogP contribution >= 0.6 is 0 Å². The van der Waals surface area contributed by atoms with Gasteiger partial charge < -0.3 is 9.64 Å². The number of ether oxygens (including phenoxy) is 1. The number of hydrogen-bond donors (Lipinski definition) is 1. The van der Waals surface area contributed by atoms with Crippen LogP contribution in [0.5, 0.6) is 0 Å². The molecule has 0 unspecified atom stereocenters. The second-order valence-electron chi connectivity index (χ2n) is 7.51. The molecule has 3 aromatic rings. The number of hydrogen-bond acceptors (Lipinski definition) is 6. The van der Waals surface area contributed by atoms with Gasteiger partial charge in [0.1, 0.15) is 11.5 Å². The van der Waals surface area contributed by atoms with Crippen LogP contribution in [0.25, 0.3) is 10.8 Å². The molecule has 0 saturated carbocycles. The zero-order valence-electron chi connectivity index (χ0n) is 16.9. The summed E-state index contributed by atoms with van der Waals surface area (Å²) in [5, 5.41) is 10.1. The van der Waals surface area contributed by atoms with Crippen LogP contribution in [-0.4, -0.2) is 47.3 Å². The number of aromatic amines is 1. The molecule has 1 aromatic heterocycles. The molecule has 0 aliphatic carbocycles. The number of carbonyl (C=O) groups is 1. The molecule has 0 atom stereocenters. The zero-order valence-corrected chi connectivity index (χ0v) is 16.9. The van der Waals surface area contributed by atoms with Gasteiger partial charge in [-0.2, -0.15) is 5.10 Å². The van der Waals surface area contributed by atoms with Crippen molar-refractivity contribution in [2.45, 2.75) is 25.4 Å². The highest BCUT2D eigenvalue weighted by Crippen LogP contribution is 2.28. The van der Waals surface area contributed by atoms with Gasteiger partial charge in [-0.1, -0.05) is 12.1 Å². The fourth-order valence-corrected chi connectivity index (χ4v) is 3.98. The van der Waals surface area contributed by atoms with Crippen molar-refractivity contribution in [3.63, 3.8) is 0 Å². The zero-order chi connectivity index (χ0) is 22.0. The number of methoxy groups -OCH3 is 1. The van der Waals surface area contributed by atoms with Crippen LogP contribution in [0.4, 0.5) is 10.1 Å². The summed E-state index contributed by atoms with van der Waals surface area (Å²) in [4.78, 5) is 37.9. The van der Waals surface area contributed by atoms with Crippen LogP contribution in [0.15, 0.2) is 46.4 Å². The van der Waals surface area contributed by atoms with Crippen molar-refractivity contribution in [3.8, 4) is 0 Å². The standard InChI is InChI=1S/C22H21FN4O4/c1-31-14-7-9-27(10-8-14)22(29)16-11-13(5-6-17(16)23)12-19-20-15(21(28)25-24-19)3-2-4-18(20)26-30/h2-6,11,14H,7-10,12H2,1H3,(H,25,28). The molecule has 0 bridgehead atoms. The molecule has 2 aromatic carbocycles. The highest BCUT2D eigenvalue weighted by Gasteiger charge is 2.25. The summed E-state index contributed by atoms with van der Waals surface area (Å²) in [6, 6.07) is 8.95. The number of benzene rings is 2. The van der Waals surface area contributed by atoms with Crippen molar-refractivity contribution in [2.75, 3.05) is 20.2 Å². The summed E-state index contributed by atoms with van der Waals surface area (Å²) in [5.74, 6) is -0.972. The van der Waals surface area contributed by atoms with Gasteiger partial charge in [-0.05, 0) is 47.8 Å². The van der Waals surface area contributed by atoms with E-state index >= 15 is 0 Å². The van der Waals surface area contributed by atoms with E-state index in [2.05, 4.69) is 15.4 Å². The van der Waals surface area contributed by atoms with E-state index in [1.165, 1.54) is 18.2 Å². The quantitative estimate of drug-likeness (QED) is 0.633. The molecule has 1 fully saturated rings. The van der Waals surface area contributed by atoms with Crippen LogP contribution in [-0.2, 0) is 11.2 Å². The lowest BCUT2D eigenvalue weighted by Crippen LogP contribution is -2.41. The Kier molecular flexibility index (Phi) is 5.85. The van der Waals surface area contributed by atoms with Crippen LogP contribution in [0.2, 0.25) is 0 Å². The maximum absolute atomic E-state index is 14.5. The Balaban J connectivity index is 1.66. The molecule has 1 saturated heterocycles. The predicted molar refractivity (Wildman–Crippen MR) is 113 cm³/mol. The first kappa shape index (κ1) is 20.8. The largest absolute Gasteiger partial charge is 0.381 e. The number of aromatic nitrogens is 2. The first-order valence-corrected chi connectivity index (χ1v) is 9.96. The molecular weight excluding hydrogens is 403 g/mol. The Morgan fingerprint density at radius 1 is 1.29 bits per heavy atom. The summed E-state index contributed by atoms with van der Waals surface area (Å²) in [6.07, 6.45) is 1.71. The molecule has 0 radical (unpaired) electrons. The van der Waals surface area contributed by atoms with Crippen molar-refractivity contribution in [3.05, 3.63) is 74.3 Å². The molecule has 160 valence electrons. The van der Waals surface area contributed by atoms with E-state index in [0.717, 1.165) is 0 Å². The van der Waals surface area contributed by atoms with Gasteiger partial charge in [-0.15, -0.1) is 4.91 Å². The number of nitroso groups, excluding NO2 is 1. The topological polar surface area (TPSA) is 105 Å². The number of H-pyrrole nitrogens is 1. The molecule has 8 nitrogen and oxygen atoms in total. The minimum Gasteiger partial charge on any atom is -0.381 e. The number of likely N-dealkylation sites (tertiary alicyclic amines) is 1. The monoisotopic (exact) mass is 424 g/mol. The first-order valence-electron chi connectivity index (χ1n) is 9.96. The first-order chi connectivity index (χ1) is 15.0. The molecular formula is C22H21FN4O4. The van der Waals surface area contributed by atoms with E-state index in [4.69, 9.17) is 4.74 Å². The smallest absolute Gasteiger partial charge is 0.272 e. The molecule has 4 rings (SSSR count). The highest BCUT2D eigenvalue weighted by molar-refractivity contribution is 5.95. The van der Waals surface area contributed by atoms with E-state index in [1.54, 1.807) is 30.2 Å². The number of amides is 1. The Bertz CT molecular complexity index is 1200. The van der Waals surface area contributed by atoms with Crippen molar-refractivity contribution in [2.24, 2.45) is 5.18 Å². The van der Waals surface area contributed by atoms with Gasteiger partial charge >= 0.3 is 0 Å². The van der Waals surface area contributed by atoms with Crippen LogP contribution < -0.4 is 5.56 Å². The summed E-state index contributed by atoms with van der Waals surface area (Å²) >= 11 is 0. The van der Waals surface area contributed by atoms with Crippen molar-refractivity contribution in [1.29, 1.82) is 0 Å². The van der Waals surface area contributed by atoms with Gasteiger partial charge in [0, 0.05) is 32.0 Å². The molecule has 1 N–H and O–H groups in total. The van der Waals surface area contributed by atoms with Crippen molar-refractivity contribution in [1.82, 2.24) is 15.1 Å². The third-order valence-corrected chi connectivity index (χ3v) is 5.66. The fraction of sp³-hybridized carbons (Fsp3) is 0.318. The van der Waals surface area contributed by atoms with Crippen molar-refractivity contribution >= 4 is 22.4 Å². The van der Waals surface area contributed by atoms with E-state index < -0.39 is 11.4 Å². The molecule has 9 heteroatoms. The maximum atomic E-state index is 14.5. The summed E-state index contributed by atoms with van der Waals surface area (Å²) in [5.41, 5.74) is 0.689. The minimum atomic E-state index is -0.600. The Morgan fingerprint density at radius 3 is 2.77 bits per heavy atom. The number of piperidine rings is 1. The van der Waals surface area contributed by atoms with Gasteiger partial charge in [-0.25, -0.2) is 9.49 Å². The Morgan fingerprint density at radius 2 is 2.06 bits per heavy atom. The van der Waals surface area contributed by atoms with Gasteiger partial charge in [0.25, 0.3) is 11.5 Å². The number of nitrogens with zero attached hydrogens (tertiary/aromatic N) is 3. The molecule has 0 spiro atoms. The lowest BCUT2D eigenvalue weighted by Gasteiger charge is -2.31. The second-order valence-corrected chi connectivity index (χ2v) is 7.51. The molecule has 2 heterocycles. The number of carbonyl (C=O) groups excluding carboxylic acids is 1. The summed E-state index contributed by atoms with van der Waals surface area (Å²) in [6.45, 7) is 1.00. The summed E-state index contributed by atoms with van der Waals surface area (Å²) in [7, 11) is 1.64. The third-order valence-electron chi connectivity index (χ3n) is 5.66. The normalized spacial score (nSPS) is 14.7. The van der Waals surface area contributed by atoms with Crippen molar-refractivity contribution < 1.29 is 13.9 Å². The highest BCUT2D eigenvalue weighted by atomic mass is 19.1. The fourth-order valence-electron chi connectivity index (χ4n) is 3.98. The number of rotatable bonds is 5. The average molecular weight is 424 g/mol. The lowest BCUT2D eigenvalue weighted by molar-refractivity contribution is 0.0348. The Hall–Kier alpha value is -3.46. The van der Waals surface area contributed by atoms with E-state index in [1.807, 2.05) is 0 Å². The summed E-state index contributed by atoms with van der Waals surface area (Å²) < 4.78 is 19.8. The molecule has 1 amide bonds. The predicted octanol–water partition coefficient (Wildman–Crippen LogP) is 3.30. The third kappa shape index (κ3) is 4.09. The number of nitrogens with one attached hydrogen (secondary N) is 1. The Labute approximate surface area is 177 Å². The minimum absolute atomic E-state index is 0.0177. The van der Waals surface area contributed by atoms with Gasteiger partial charge in [-0.3, -0.25) is 9.59 Å². The van der Waals surface area contributed by atoms with E-state index in [-0.39, 0.29) is 29.7 Å². The molecule has 1 aliphatic rings. The van der Waals surface area contributed by atoms with Crippen LogP contribution in [0, 0.1) is 10.7 Å². The maximum Gasteiger partial charge on any atom is 0.272 e. The SMILES string of the molecule is COC1CCN(C(=O)c2cc(Cc3n[nH]c(=O)c4cccc(N=O)c34)ccc2F)CC1. The van der Waals surface area contributed by atoms with Gasteiger partial charge in [0.15, 0.2) is 0 Å². The van der Waals surface area contributed by atoms with Gasteiger partial charge in [0.05, 0.1) is 22.7 Å². The van der Waals surface area contributed by atoms with Crippen LogP contribution in [0.3, 0.4) is 0 Å². The van der Waals surface area contributed by atoms with E-state index in [0.29, 0.717) is 48.0 Å². The second kappa shape index (κ2) is 8.73. The lowest BCUT2D eigenvalue weighted by atomic mass is 10.0. The number of fused-ring (bicyclic) bond motifs is 1.